The van der Waals surface area contributed by atoms with Gasteiger partial charge < -0.3 is 5.32 Å². The lowest BCUT2D eigenvalue weighted by Crippen LogP contribution is -2.14. The zero-order valence-electron chi connectivity index (χ0n) is 11.4. The molecule has 2 aromatic rings. The molecule has 0 saturated carbocycles. The number of hydrogen-bond acceptors (Lipinski definition) is 3. The quantitative estimate of drug-likeness (QED) is 0.896. The molecular formula is C14H12ClFN2O3S. The van der Waals surface area contributed by atoms with E-state index in [1.807, 2.05) is 0 Å². The summed E-state index contributed by atoms with van der Waals surface area (Å²) in [7, 11) is -3.37. The summed E-state index contributed by atoms with van der Waals surface area (Å²) in [5.74, 6) is -1.35. The van der Waals surface area contributed by atoms with Crippen molar-refractivity contribution in [3.8, 4) is 0 Å². The fourth-order valence-electron chi connectivity index (χ4n) is 1.71. The van der Waals surface area contributed by atoms with Crippen molar-refractivity contribution >= 4 is 38.9 Å². The number of carbonyl (C=O) groups is 1. The second-order valence-electron chi connectivity index (χ2n) is 4.53. The molecule has 0 radical (unpaired) electrons. The van der Waals surface area contributed by atoms with E-state index in [-0.39, 0.29) is 10.6 Å². The van der Waals surface area contributed by atoms with Crippen LogP contribution in [-0.4, -0.2) is 20.6 Å². The molecule has 0 aliphatic heterocycles. The molecule has 2 aromatic carbocycles. The average Bonchev–Trinajstić information content (AvgIpc) is 2.39. The smallest absolute Gasteiger partial charge is 0.258 e. The summed E-state index contributed by atoms with van der Waals surface area (Å²) < 4.78 is 38.1. The minimum Gasteiger partial charge on any atom is -0.322 e. The lowest BCUT2D eigenvalue weighted by atomic mass is 10.2. The van der Waals surface area contributed by atoms with Crippen LogP contribution in [0, 0.1) is 5.82 Å². The maximum Gasteiger partial charge on any atom is 0.258 e. The fourth-order valence-corrected chi connectivity index (χ4v) is 2.43. The number of nitrogens with one attached hydrogen (secondary N) is 2. The van der Waals surface area contributed by atoms with Crippen LogP contribution in [0.15, 0.2) is 42.5 Å². The molecule has 0 saturated heterocycles. The first-order valence-electron chi connectivity index (χ1n) is 6.09. The predicted molar refractivity (Wildman–Crippen MR) is 84.3 cm³/mol. The SMILES string of the molecule is CS(=O)(=O)Nc1ccc(NC(=O)c2ccc(Cl)cc2F)cc1. The predicted octanol–water partition coefficient (Wildman–Crippen LogP) is 3.10. The molecule has 2 N–H and O–H groups in total. The highest BCUT2D eigenvalue weighted by Gasteiger charge is 2.12. The Morgan fingerprint density at radius 2 is 1.68 bits per heavy atom. The van der Waals surface area contributed by atoms with Crippen LogP contribution in [0.4, 0.5) is 15.8 Å². The fraction of sp³-hybridized carbons (Fsp3) is 0.0714. The average molecular weight is 343 g/mol. The van der Waals surface area contributed by atoms with E-state index in [4.69, 9.17) is 11.6 Å². The third-order valence-electron chi connectivity index (χ3n) is 2.62. The van der Waals surface area contributed by atoms with Crippen LogP contribution in [0.5, 0.6) is 0 Å². The molecule has 0 aliphatic rings. The molecule has 0 aliphatic carbocycles. The van der Waals surface area contributed by atoms with Gasteiger partial charge in [0.2, 0.25) is 10.0 Å². The lowest BCUT2D eigenvalue weighted by molar-refractivity contribution is 0.102. The van der Waals surface area contributed by atoms with Crippen molar-refractivity contribution in [3.63, 3.8) is 0 Å². The van der Waals surface area contributed by atoms with Crippen molar-refractivity contribution in [2.24, 2.45) is 0 Å². The molecule has 0 unspecified atom stereocenters. The third-order valence-corrected chi connectivity index (χ3v) is 3.46. The number of amides is 1. The van der Waals surface area contributed by atoms with E-state index >= 15 is 0 Å². The van der Waals surface area contributed by atoms with E-state index < -0.39 is 21.7 Å². The molecule has 0 aromatic heterocycles. The van der Waals surface area contributed by atoms with Gasteiger partial charge in [0.1, 0.15) is 5.82 Å². The zero-order chi connectivity index (χ0) is 16.3. The van der Waals surface area contributed by atoms with E-state index in [1.165, 1.54) is 36.4 Å². The Bertz CT molecular complexity index is 807. The number of halogens is 2. The molecule has 116 valence electrons. The topological polar surface area (TPSA) is 75.3 Å². The summed E-state index contributed by atoms with van der Waals surface area (Å²) >= 11 is 5.62. The van der Waals surface area contributed by atoms with E-state index in [1.54, 1.807) is 0 Å². The minimum absolute atomic E-state index is 0.136. The second-order valence-corrected chi connectivity index (χ2v) is 6.71. The van der Waals surface area contributed by atoms with E-state index in [9.17, 15) is 17.6 Å². The standard InChI is InChI=1S/C14H12ClFN2O3S/c1-22(20,21)18-11-5-3-10(4-6-11)17-14(19)12-7-2-9(15)8-13(12)16/h2-8,18H,1H3,(H,17,19). The Morgan fingerprint density at radius 3 is 2.23 bits per heavy atom. The Morgan fingerprint density at radius 1 is 1.09 bits per heavy atom. The molecule has 0 spiro atoms. The van der Waals surface area contributed by atoms with Gasteiger partial charge in [-0.15, -0.1) is 0 Å². The number of anilines is 2. The van der Waals surface area contributed by atoms with Gasteiger partial charge >= 0.3 is 0 Å². The molecule has 1 amide bonds. The maximum atomic E-state index is 13.6. The molecular weight excluding hydrogens is 331 g/mol. The zero-order valence-corrected chi connectivity index (χ0v) is 13.0. The second kappa shape index (κ2) is 6.33. The van der Waals surface area contributed by atoms with Crippen molar-refractivity contribution in [2.45, 2.75) is 0 Å². The van der Waals surface area contributed by atoms with Crippen LogP contribution in [0.3, 0.4) is 0 Å². The molecule has 5 nitrogen and oxygen atoms in total. The van der Waals surface area contributed by atoms with E-state index in [0.717, 1.165) is 12.3 Å². The number of benzene rings is 2. The Balaban J connectivity index is 2.12. The molecule has 8 heteroatoms. The van der Waals surface area contributed by atoms with Crippen LogP contribution in [0.25, 0.3) is 0 Å². The highest BCUT2D eigenvalue weighted by Crippen LogP contribution is 2.18. The van der Waals surface area contributed by atoms with Gasteiger partial charge in [0.05, 0.1) is 11.8 Å². The molecule has 0 heterocycles. The van der Waals surface area contributed by atoms with Gasteiger partial charge in [0.15, 0.2) is 0 Å². The first-order chi connectivity index (χ1) is 10.2. The summed E-state index contributed by atoms with van der Waals surface area (Å²) in [6.45, 7) is 0. The largest absolute Gasteiger partial charge is 0.322 e. The highest BCUT2D eigenvalue weighted by atomic mass is 35.5. The summed E-state index contributed by atoms with van der Waals surface area (Å²) in [6, 6.07) is 9.71. The molecule has 22 heavy (non-hydrogen) atoms. The third kappa shape index (κ3) is 4.44. The van der Waals surface area contributed by atoms with Gasteiger partial charge in [0.25, 0.3) is 5.91 Å². The van der Waals surface area contributed by atoms with Gasteiger partial charge in [-0.2, -0.15) is 0 Å². The van der Waals surface area contributed by atoms with Crippen LogP contribution >= 0.6 is 11.6 Å². The Kier molecular flexibility index (Phi) is 4.68. The van der Waals surface area contributed by atoms with Crippen molar-refractivity contribution < 1.29 is 17.6 Å². The van der Waals surface area contributed by atoms with Crippen molar-refractivity contribution in [1.29, 1.82) is 0 Å². The van der Waals surface area contributed by atoms with Crippen molar-refractivity contribution in [1.82, 2.24) is 0 Å². The summed E-state index contributed by atoms with van der Waals surface area (Å²) in [6.07, 6.45) is 1.03. The van der Waals surface area contributed by atoms with Gasteiger partial charge in [-0.05, 0) is 42.5 Å². The Labute approximate surface area is 132 Å². The molecule has 0 atom stereocenters. The van der Waals surface area contributed by atoms with Gasteiger partial charge in [0, 0.05) is 16.4 Å². The van der Waals surface area contributed by atoms with Crippen molar-refractivity contribution in [3.05, 3.63) is 58.9 Å². The van der Waals surface area contributed by atoms with Crippen LogP contribution in [0.2, 0.25) is 5.02 Å². The van der Waals surface area contributed by atoms with E-state index in [0.29, 0.717) is 11.4 Å². The van der Waals surface area contributed by atoms with Crippen molar-refractivity contribution in [2.75, 3.05) is 16.3 Å². The summed E-state index contributed by atoms with van der Waals surface area (Å²) in [4.78, 5) is 12.0. The first kappa shape index (κ1) is 16.3. The molecule has 2 rings (SSSR count). The molecule has 0 bridgehead atoms. The van der Waals surface area contributed by atoms with Crippen LogP contribution in [-0.2, 0) is 10.0 Å². The lowest BCUT2D eigenvalue weighted by Gasteiger charge is -2.08. The minimum atomic E-state index is -3.37. The molecule has 0 fully saturated rings. The van der Waals surface area contributed by atoms with Gasteiger partial charge in [-0.1, -0.05) is 11.6 Å². The maximum absolute atomic E-state index is 13.6. The Hall–Kier alpha value is -2.12. The summed E-state index contributed by atoms with van der Waals surface area (Å²) in [5.41, 5.74) is 0.624. The number of hydrogen-bond donors (Lipinski definition) is 2. The number of carbonyl (C=O) groups excluding carboxylic acids is 1. The van der Waals surface area contributed by atoms with Gasteiger partial charge in [-0.3, -0.25) is 9.52 Å². The van der Waals surface area contributed by atoms with Gasteiger partial charge in [-0.25, -0.2) is 12.8 Å². The van der Waals surface area contributed by atoms with Crippen LogP contribution in [0.1, 0.15) is 10.4 Å². The van der Waals surface area contributed by atoms with Crippen LogP contribution < -0.4 is 10.0 Å². The number of rotatable bonds is 4. The first-order valence-corrected chi connectivity index (χ1v) is 8.36. The number of sulfonamides is 1. The highest BCUT2D eigenvalue weighted by molar-refractivity contribution is 7.92. The summed E-state index contributed by atoms with van der Waals surface area (Å²) in [5, 5.41) is 2.71. The van der Waals surface area contributed by atoms with E-state index in [2.05, 4.69) is 10.0 Å². The monoisotopic (exact) mass is 342 g/mol. The normalized spacial score (nSPS) is 11.0.